The number of rotatable bonds is 4. The number of hydrogen-bond acceptors (Lipinski definition) is 4. The second-order valence-electron chi connectivity index (χ2n) is 6.77. The average Bonchev–Trinajstić information content (AvgIpc) is 2.64. The van der Waals surface area contributed by atoms with E-state index < -0.39 is 15.9 Å². The summed E-state index contributed by atoms with van der Waals surface area (Å²) >= 11 is 12.1. The van der Waals surface area contributed by atoms with E-state index in [9.17, 15) is 13.2 Å². The highest BCUT2D eigenvalue weighted by atomic mass is 35.5. The molecule has 0 atom stereocenters. The molecule has 1 aliphatic rings. The van der Waals surface area contributed by atoms with Gasteiger partial charge in [-0.25, -0.2) is 8.42 Å². The molecular formula is C19H21Cl2N3O3S. The van der Waals surface area contributed by atoms with Gasteiger partial charge in [-0.15, -0.1) is 0 Å². The van der Waals surface area contributed by atoms with Crippen molar-refractivity contribution in [2.24, 2.45) is 0 Å². The maximum atomic E-state index is 13.0. The first-order valence-electron chi connectivity index (χ1n) is 8.74. The molecule has 150 valence electrons. The normalized spacial score (nSPS) is 16.1. The van der Waals surface area contributed by atoms with Crippen LogP contribution in [0.3, 0.4) is 0 Å². The quantitative estimate of drug-likeness (QED) is 0.787. The molecule has 0 spiro atoms. The zero-order valence-electron chi connectivity index (χ0n) is 15.6. The zero-order chi connectivity index (χ0) is 20.5. The van der Waals surface area contributed by atoms with Crippen LogP contribution in [0.4, 0.5) is 5.69 Å². The number of likely N-dealkylation sites (N-methyl/N-ethyl adjacent to an activating group) is 1. The van der Waals surface area contributed by atoms with Crippen molar-refractivity contribution in [1.82, 2.24) is 9.21 Å². The number of sulfonamides is 1. The lowest BCUT2D eigenvalue weighted by Crippen LogP contribution is -2.47. The van der Waals surface area contributed by atoms with E-state index in [-0.39, 0.29) is 15.5 Å². The van der Waals surface area contributed by atoms with Crippen LogP contribution < -0.4 is 5.32 Å². The molecule has 2 aromatic rings. The van der Waals surface area contributed by atoms with Gasteiger partial charge >= 0.3 is 0 Å². The van der Waals surface area contributed by atoms with Crippen molar-refractivity contribution in [3.63, 3.8) is 0 Å². The van der Waals surface area contributed by atoms with Crippen LogP contribution in [0.25, 0.3) is 0 Å². The fraction of sp³-hybridized carbons (Fsp3) is 0.316. The molecule has 0 radical (unpaired) electrons. The molecule has 1 aliphatic heterocycles. The molecule has 0 aliphatic carbocycles. The van der Waals surface area contributed by atoms with Crippen LogP contribution in [0.1, 0.15) is 15.9 Å². The summed E-state index contributed by atoms with van der Waals surface area (Å²) in [6, 6.07) is 9.39. The lowest BCUT2D eigenvalue weighted by atomic mass is 10.1. The summed E-state index contributed by atoms with van der Waals surface area (Å²) in [5.41, 5.74) is 1.62. The van der Waals surface area contributed by atoms with E-state index in [0.717, 1.165) is 5.56 Å². The Hall–Kier alpha value is -1.64. The Balaban J connectivity index is 1.87. The minimum atomic E-state index is -3.78. The summed E-state index contributed by atoms with van der Waals surface area (Å²) in [5.74, 6) is -0.420. The first kappa shape index (κ1) is 21.1. The summed E-state index contributed by atoms with van der Waals surface area (Å²) in [4.78, 5) is 14.7. The molecule has 0 bridgehead atoms. The second-order valence-corrected chi connectivity index (χ2v) is 9.52. The number of nitrogens with zero attached hydrogens (tertiary/aromatic N) is 2. The highest BCUT2D eigenvalue weighted by Gasteiger charge is 2.30. The minimum Gasteiger partial charge on any atom is -0.322 e. The molecule has 1 N–H and O–H groups in total. The van der Waals surface area contributed by atoms with Crippen molar-refractivity contribution in [2.75, 3.05) is 38.5 Å². The molecule has 1 saturated heterocycles. The lowest BCUT2D eigenvalue weighted by molar-refractivity contribution is 0.102. The number of nitrogens with one attached hydrogen (secondary N) is 1. The molecule has 0 unspecified atom stereocenters. The Bertz CT molecular complexity index is 1000. The highest BCUT2D eigenvalue weighted by Crippen LogP contribution is 2.27. The lowest BCUT2D eigenvalue weighted by Gasteiger charge is -2.31. The fourth-order valence-electron chi connectivity index (χ4n) is 2.97. The third kappa shape index (κ3) is 4.50. The van der Waals surface area contributed by atoms with Crippen molar-refractivity contribution < 1.29 is 13.2 Å². The van der Waals surface area contributed by atoms with Gasteiger partial charge in [0.1, 0.15) is 4.90 Å². The molecule has 2 aromatic carbocycles. The van der Waals surface area contributed by atoms with E-state index in [0.29, 0.717) is 36.9 Å². The molecule has 28 heavy (non-hydrogen) atoms. The predicted molar refractivity (Wildman–Crippen MR) is 112 cm³/mol. The van der Waals surface area contributed by atoms with E-state index in [1.807, 2.05) is 14.0 Å². The fourth-order valence-corrected chi connectivity index (χ4v) is 5.12. The van der Waals surface area contributed by atoms with Crippen molar-refractivity contribution in [3.8, 4) is 0 Å². The number of hydrogen-bond donors (Lipinski definition) is 1. The van der Waals surface area contributed by atoms with Gasteiger partial charge in [-0.2, -0.15) is 4.31 Å². The Morgan fingerprint density at radius 3 is 2.36 bits per heavy atom. The second kappa shape index (κ2) is 8.39. The Labute approximate surface area is 175 Å². The molecule has 3 rings (SSSR count). The minimum absolute atomic E-state index is 0.0563. The van der Waals surface area contributed by atoms with Crippen molar-refractivity contribution in [1.29, 1.82) is 0 Å². The van der Waals surface area contributed by atoms with E-state index >= 15 is 0 Å². The number of amides is 1. The number of benzene rings is 2. The molecule has 1 amide bonds. The van der Waals surface area contributed by atoms with Gasteiger partial charge in [-0.1, -0.05) is 23.2 Å². The molecule has 9 heteroatoms. The smallest absolute Gasteiger partial charge is 0.255 e. The summed E-state index contributed by atoms with van der Waals surface area (Å²) in [6.07, 6.45) is 0. The standard InChI is InChI=1S/C19H21Cl2N3O3S/c1-13-11-15(20)4-6-17(13)22-19(25)14-3-5-16(21)18(12-14)28(26,27)24-9-7-23(2)8-10-24/h3-6,11-12H,7-10H2,1-2H3,(H,22,25). The van der Waals surface area contributed by atoms with Crippen LogP contribution in [-0.2, 0) is 10.0 Å². The van der Waals surface area contributed by atoms with E-state index in [1.165, 1.54) is 22.5 Å². The first-order valence-corrected chi connectivity index (χ1v) is 10.9. The molecule has 6 nitrogen and oxygen atoms in total. The van der Waals surface area contributed by atoms with Crippen LogP contribution in [0.2, 0.25) is 10.0 Å². The van der Waals surface area contributed by atoms with Crippen molar-refractivity contribution in [3.05, 3.63) is 57.6 Å². The average molecular weight is 442 g/mol. The van der Waals surface area contributed by atoms with Crippen LogP contribution in [0.15, 0.2) is 41.3 Å². The van der Waals surface area contributed by atoms with Gasteiger partial charge in [0.05, 0.1) is 5.02 Å². The van der Waals surface area contributed by atoms with Gasteiger partial charge < -0.3 is 10.2 Å². The summed E-state index contributed by atoms with van der Waals surface area (Å²) < 4.78 is 27.4. The number of aryl methyl sites for hydroxylation is 1. The number of carbonyl (C=O) groups is 1. The first-order chi connectivity index (χ1) is 13.2. The maximum absolute atomic E-state index is 13.0. The Morgan fingerprint density at radius 1 is 1.04 bits per heavy atom. The largest absolute Gasteiger partial charge is 0.322 e. The number of piperazine rings is 1. The van der Waals surface area contributed by atoms with Crippen LogP contribution in [0, 0.1) is 6.92 Å². The van der Waals surface area contributed by atoms with Crippen LogP contribution >= 0.6 is 23.2 Å². The van der Waals surface area contributed by atoms with Crippen LogP contribution in [-0.4, -0.2) is 56.8 Å². The molecule has 1 heterocycles. The van der Waals surface area contributed by atoms with Gasteiger partial charge in [0.15, 0.2) is 0 Å². The molecule has 0 saturated carbocycles. The SMILES string of the molecule is Cc1cc(Cl)ccc1NC(=O)c1ccc(Cl)c(S(=O)(=O)N2CCN(C)CC2)c1. The Morgan fingerprint density at radius 2 is 1.71 bits per heavy atom. The zero-order valence-corrected chi connectivity index (χ0v) is 17.9. The van der Waals surface area contributed by atoms with Gasteiger partial charge in [-0.3, -0.25) is 4.79 Å². The third-order valence-electron chi connectivity index (χ3n) is 4.71. The van der Waals surface area contributed by atoms with Crippen LogP contribution in [0.5, 0.6) is 0 Å². The summed E-state index contributed by atoms with van der Waals surface area (Å²) in [7, 11) is -1.84. The van der Waals surface area contributed by atoms with Crippen molar-refractivity contribution in [2.45, 2.75) is 11.8 Å². The van der Waals surface area contributed by atoms with E-state index in [1.54, 1.807) is 18.2 Å². The topological polar surface area (TPSA) is 69.7 Å². The van der Waals surface area contributed by atoms with Crippen molar-refractivity contribution >= 4 is 44.8 Å². The molecule has 1 fully saturated rings. The van der Waals surface area contributed by atoms with Gasteiger partial charge in [0, 0.05) is 42.5 Å². The number of anilines is 1. The van der Waals surface area contributed by atoms with Gasteiger partial charge in [0.25, 0.3) is 5.91 Å². The van der Waals surface area contributed by atoms with E-state index in [4.69, 9.17) is 23.2 Å². The number of carbonyl (C=O) groups excluding carboxylic acids is 1. The monoisotopic (exact) mass is 441 g/mol. The maximum Gasteiger partial charge on any atom is 0.255 e. The predicted octanol–water partition coefficient (Wildman–Crippen LogP) is 3.49. The van der Waals surface area contributed by atoms with E-state index in [2.05, 4.69) is 10.2 Å². The Kier molecular flexibility index (Phi) is 6.31. The number of halogens is 2. The highest BCUT2D eigenvalue weighted by molar-refractivity contribution is 7.89. The molecule has 0 aromatic heterocycles. The van der Waals surface area contributed by atoms with Gasteiger partial charge in [0.2, 0.25) is 10.0 Å². The third-order valence-corrected chi connectivity index (χ3v) is 7.33. The van der Waals surface area contributed by atoms with Gasteiger partial charge in [-0.05, 0) is 55.9 Å². The summed E-state index contributed by atoms with van der Waals surface area (Å²) in [5, 5.41) is 3.45. The molecular weight excluding hydrogens is 421 g/mol. The summed E-state index contributed by atoms with van der Waals surface area (Å²) in [6.45, 7) is 3.89.